The third kappa shape index (κ3) is 3.54. The van der Waals surface area contributed by atoms with E-state index in [4.69, 9.17) is 4.42 Å². The summed E-state index contributed by atoms with van der Waals surface area (Å²) >= 11 is 0. The maximum Gasteiger partial charge on any atom is 0.224 e. The Hall–Kier alpha value is -3.27. The van der Waals surface area contributed by atoms with Crippen molar-refractivity contribution in [1.82, 2.24) is 9.88 Å². The zero-order chi connectivity index (χ0) is 17.8. The molecule has 4 heteroatoms. The van der Waals surface area contributed by atoms with Crippen molar-refractivity contribution in [3.63, 3.8) is 0 Å². The summed E-state index contributed by atoms with van der Waals surface area (Å²) in [6, 6.07) is 22.2. The Bertz CT molecular complexity index is 1000. The molecule has 0 spiro atoms. The molecule has 0 radical (unpaired) electrons. The molecule has 4 nitrogen and oxygen atoms in total. The van der Waals surface area contributed by atoms with Crippen LogP contribution in [-0.4, -0.2) is 10.5 Å². The third-order valence-electron chi connectivity index (χ3n) is 4.46. The lowest BCUT2D eigenvalue weighted by molar-refractivity contribution is -0.120. The zero-order valence-electron chi connectivity index (χ0n) is 14.4. The van der Waals surface area contributed by atoms with Gasteiger partial charge in [-0.15, -0.1) is 0 Å². The number of carbonyl (C=O) groups is 1. The highest BCUT2D eigenvalue weighted by atomic mass is 16.3. The van der Waals surface area contributed by atoms with E-state index in [1.54, 1.807) is 6.26 Å². The number of hydrogen-bond donors (Lipinski definition) is 1. The fraction of sp³-hybridized carbons (Fsp3) is 0.136. The van der Waals surface area contributed by atoms with Gasteiger partial charge in [0.15, 0.2) is 0 Å². The summed E-state index contributed by atoms with van der Waals surface area (Å²) in [6.45, 7) is 1.20. The number of para-hydroxylation sites is 1. The van der Waals surface area contributed by atoms with Crippen molar-refractivity contribution in [1.29, 1.82) is 0 Å². The minimum Gasteiger partial charge on any atom is -0.467 e. The topological polar surface area (TPSA) is 47.2 Å². The van der Waals surface area contributed by atoms with Gasteiger partial charge in [-0.05, 0) is 29.3 Å². The minimum atomic E-state index is -0.0102. The largest absolute Gasteiger partial charge is 0.467 e. The molecule has 0 aliphatic carbocycles. The van der Waals surface area contributed by atoms with E-state index in [1.165, 1.54) is 5.56 Å². The summed E-state index contributed by atoms with van der Waals surface area (Å²) in [6.07, 6.45) is 4.05. The summed E-state index contributed by atoms with van der Waals surface area (Å²) in [7, 11) is 0. The lowest BCUT2D eigenvalue weighted by atomic mass is 10.1. The summed E-state index contributed by atoms with van der Waals surface area (Å²) in [5, 5.41) is 4.04. The Morgan fingerprint density at radius 3 is 2.58 bits per heavy atom. The van der Waals surface area contributed by atoms with Crippen molar-refractivity contribution in [3.05, 3.63) is 96.1 Å². The van der Waals surface area contributed by atoms with Crippen molar-refractivity contribution in [2.75, 3.05) is 0 Å². The van der Waals surface area contributed by atoms with Crippen LogP contribution in [-0.2, 0) is 24.3 Å². The highest BCUT2D eigenvalue weighted by Gasteiger charge is 2.12. The van der Waals surface area contributed by atoms with E-state index in [0.717, 1.165) is 28.8 Å². The quantitative estimate of drug-likeness (QED) is 0.571. The summed E-state index contributed by atoms with van der Waals surface area (Å²) < 4.78 is 7.46. The first-order valence-electron chi connectivity index (χ1n) is 8.69. The number of hydrogen-bond acceptors (Lipinski definition) is 2. The fourth-order valence-corrected chi connectivity index (χ4v) is 3.21. The number of carbonyl (C=O) groups excluding carboxylic acids is 1. The highest BCUT2D eigenvalue weighted by Crippen LogP contribution is 2.23. The normalized spacial score (nSPS) is 10.9. The SMILES string of the molecule is O=C(Cc1cn(Cc2ccccc2)c2ccccc12)NCc1ccco1. The predicted octanol–water partition coefficient (Wildman–Crippen LogP) is 4.14. The van der Waals surface area contributed by atoms with E-state index >= 15 is 0 Å². The van der Waals surface area contributed by atoms with E-state index in [0.29, 0.717) is 13.0 Å². The Balaban J connectivity index is 1.54. The molecule has 26 heavy (non-hydrogen) atoms. The number of nitrogens with zero attached hydrogens (tertiary/aromatic N) is 1. The lowest BCUT2D eigenvalue weighted by Gasteiger charge is -2.05. The van der Waals surface area contributed by atoms with Crippen LogP contribution in [0, 0.1) is 0 Å². The van der Waals surface area contributed by atoms with Crippen molar-refractivity contribution in [2.45, 2.75) is 19.5 Å². The lowest BCUT2D eigenvalue weighted by Crippen LogP contribution is -2.24. The molecule has 0 atom stereocenters. The first-order chi connectivity index (χ1) is 12.8. The Labute approximate surface area is 152 Å². The van der Waals surface area contributed by atoms with Gasteiger partial charge in [0.1, 0.15) is 5.76 Å². The molecule has 0 saturated heterocycles. The molecule has 1 N–H and O–H groups in total. The first kappa shape index (κ1) is 16.2. The molecule has 4 aromatic rings. The first-order valence-corrected chi connectivity index (χ1v) is 8.69. The van der Waals surface area contributed by atoms with E-state index in [-0.39, 0.29) is 5.91 Å². The Kier molecular flexibility index (Phi) is 4.56. The van der Waals surface area contributed by atoms with Crippen molar-refractivity contribution < 1.29 is 9.21 Å². The smallest absolute Gasteiger partial charge is 0.224 e. The van der Waals surface area contributed by atoms with Gasteiger partial charge in [0, 0.05) is 23.6 Å². The molecule has 1 amide bonds. The standard InChI is InChI=1S/C22H20N2O2/c25-22(23-14-19-9-6-12-26-19)13-18-16-24(15-17-7-2-1-3-8-17)21-11-5-4-10-20(18)21/h1-12,16H,13-15H2,(H,23,25). The van der Waals surface area contributed by atoms with Crippen LogP contribution in [0.3, 0.4) is 0 Å². The highest BCUT2D eigenvalue weighted by molar-refractivity contribution is 5.89. The van der Waals surface area contributed by atoms with E-state index in [1.807, 2.05) is 42.5 Å². The molecule has 2 aromatic carbocycles. The zero-order valence-corrected chi connectivity index (χ0v) is 14.4. The fourth-order valence-electron chi connectivity index (χ4n) is 3.21. The predicted molar refractivity (Wildman–Crippen MR) is 102 cm³/mol. The molecule has 2 heterocycles. The number of fused-ring (bicyclic) bond motifs is 1. The molecule has 4 rings (SSSR count). The van der Waals surface area contributed by atoms with Crippen LogP contribution in [0.1, 0.15) is 16.9 Å². The molecular weight excluding hydrogens is 324 g/mol. The van der Waals surface area contributed by atoms with Gasteiger partial charge in [-0.1, -0.05) is 48.5 Å². The summed E-state index contributed by atoms with van der Waals surface area (Å²) in [5.74, 6) is 0.744. The molecule has 0 unspecified atom stereocenters. The van der Waals surface area contributed by atoms with Gasteiger partial charge >= 0.3 is 0 Å². The Morgan fingerprint density at radius 2 is 1.77 bits per heavy atom. The number of benzene rings is 2. The minimum absolute atomic E-state index is 0.0102. The van der Waals surface area contributed by atoms with E-state index < -0.39 is 0 Å². The van der Waals surface area contributed by atoms with Gasteiger partial charge in [-0.2, -0.15) is 0 Å². The van der Waals surface area contributed by atoms with Gasteiger partial charge < -0.3 is 14.3 Å². The van der Waals surface area contributed by atoms with E-state index in [9.17, 15) is 4.79 Å². The van der Waals surface area contributed by atoms with Crippen LogP contribution in [0.25, 0.3) is 10.9 Å². The van der Waals surface area contributed by atoms with Crippen molar-refractivity contribution in [2.24, 2.45) is 0 Å². The monoisotopic (exact) mass is 344 g/mol. The van der Waals surface area contributed by atoms with Gasteiger partial charge in [-0.3, -0.25) is 4.79 Å². The van der Waals surface area contributed by atoms with Crippen LogP contribution < -0.4 is 5.32 Å². The third-order valence-corrected chi connectivity index (χ3v) is 4.46. The van der Waals surface area contributed by atoms with Crippen LogP contribution in [0.15, 0.2) is 83.6 Å². The maximum atomic E-state index is 12.4. The van der Waals surface area contributed by atoms with Gasteiger partial charge in [0.2, 0.25) is 5.91 Å². The summed E-state index contributed by atoms with van der Waals surface area (Å²) in [4.78, 5) is 12.4. The average Bonchev–Trinajstić information content (AvgIpc) is 3.30. The number of rotatable bonds is 6. The van der Waals surface area contributed by atoms with Crippen molar-refractivity contribution >= 4 is 16.8 Å². The second-order valence-corrected chi connectivity index (χ2v) is 6.32. The average molecular weight is 344 g/mol. The molecule has 130 valence electrons. The number of nitrogens with one attached hydrogen (secondary N) is 1. The van der Waals surface area contributed by atoms with Crippen LogP contribution in [0.2, 0.25) is 0 Å². The van der Waals surface area contributed by atoms with Crippen LogP contribution >= 0.6 is 0 Å². The maximum absolute atomic E-state index is 12.4. The van der Waals surface area contributed by atoms with Crippen LogP contribution in [0.5, 0.6) is 0 Å². The van der Waals surface area contributed by atoms with Gasteiger partial charge in [0.05, 0.1) is 19.2 Å². The van der Waals surface area contributed by atoms with Crippen LogP contribution in [0.4, 0.5) is 0 Å². The molecule has 0 aliphatic rings. The van der Waals surface area contributed by atoms with E-state index in [2.05, 4.69) is 40.3 Å². The second kappa shape index (κ2) is 7.31. The number of aromatic nitrogens is 1. The van der Waals surface area contributed by atoms with Gasteiger partial charge in [0.25, 0.3) is 0 Å². The van der Waals surface area contributed by atoms with Crippen molar-refractivity contribution in [3.8, 4) is 0 Å². The second-order valence-electron chi connectivity index (χ2n) is 6.32. The van der Waals surface area contributed by atoms with Gasteiger partial charge in [-0.25, -0.2) is 0 Å². The molecule has 0 saturated carbocycles. The summed E-state index contributed by atoms with van der Waals surface area (Å²) in [5.41, 5.74) is 3.42. The number of amides is 1. The molecular formula is C22H20N2O2. The molecule has 0 fully saturated rings. The number of furan rings is 1. The Morgan fingerprint density at radius 1 is 0.962 bits per heavy atom. The molecule has 0 aliphatic heterocycles. The molecule has 0 bridgehead atoms. The molecule has 2 aromatic heterocycles.